The summed E-state index contributed by atoms with van der Waals surface area (Å²) in [7, 11) is 1.62. The van der Waals surface area contributed by atoms with Gasteiger partial charge in [0.1, 0.15) is 0 Å². The first kappa shape index (κ1) is 18.5. The first-order chi connectivity index (χ1) is 11.8. The summed E-state index contributed by atoms with van der Waals surface area (Å²) in [4.78, 5) is 8.77. The molecule has 24 heavy (non-hydrogen) atoms. The molecule has 1 unspecified atom stereocenters. The van der Waals surface area contributed by atoms with Gasteiger partial charge in [0.15, 0.2) is 5.96 Å². The first-order valence-electron chi connectivity index (χ1n) is 8.53. The maximum absolute atomic E-state index is 5.75. The number of aromatic nitrogens is 1. The summed E-state index contributed by atoms with van der Waals surface area (Å²) >= 11 is 0. The molecule has 0 amide bonds. The largest absolute Gasteiger partial charge is 0.481 e. The Morgan fingerprint density at radius 2 is 2.38 bits per heavy atom. The summed E-state index contributed by atoms with van der Waals surface area (Å²) in [6.45, 7) is 6.46. The summed E-state index contributed by atoms with van der Waals surface area (Å²) in [6, 6.07) is 3.86. The number of guanidine groups is 1. The molecule has 0 aliphatic carbocycles. The van der Waals surface area contributed by atoms with Crippen molar-refractivity contribution in [2.45, 2.75) is 32.4 Å². The lowest BCUT2D eigenvalue weighted by Crippen LogP contribution is -2.38. The minimum Gasteiger partial charge on any atom is -0.481 e. The van der Waals surface area contributed by atoms with Crippen molar-refractivity contribution in [3.05, 3.63) is 23.9 Å². The first-order valence-corrected chi connectivity index (χ1v) is 8.53. The van der Waals surface area contributed by atoms with Gasteiger partial charge in [-0.3, -0.25) is 0 Å². The normalized spacial score (nSPS) is 17.8. The van der Waals surface area contributed by atoms with E-state index < -0.39 is 0 Å². The zero-order valence-electron chi connectivity index (χ0n) is 14.6. The van der Waals surface area contributed by atoms with Crippen LogP contribution in [0.2, 0.25) is 0 Å². The highest BCUT2D eigenvalue weighted by molar-refractivity contribution is 5.79. The van der Waals surface area contributed by atoms with Crippen molar-refractivity contribution >= 4 is 5.96 Å². The molecule has 1 aromatic heterocycles. The molecule has 1 aliphatic rings. The van der Waals surface area contributed by atoms with Gasteiger partial charge >= 0.3 is 0 Å². The van der Waals surface area contributed by atoms with Crippen LogP contribution >= 0.6 is 0 Å². The lowest BCUT2D eigenvalue weighted by atomic mass is 10.3. The Kier molecular flexibility index (Phi) is 8.34. The Hall–Kier alpha value is -1.86. The minimum atomic E-state index is 0.268. The fourth-order valence-electron chi connectivity index (χ4n) is 2.41. The lowest BCUT2D eigenvalue weighted by Gasteiger charge is -2.13. The summed E-state index contributed by atoms with van der Waals surface area (Å²) < 4.78 is 16.3. The Morgan fingerprint density at radius 1 is 1.46 bits per heavy atom. The Labute approximate surface area is 143 Å². The molecule has 1 aromatic rings. The van der Waals surface area contributed by atoms with Crippen LogP contribution in [-0.4, -0.2) is 57.1 Å². The number of nitrogens with zero attached hydrogens (tertiary/aromatic N) is 2. The minimum absolute atomic E-state index is 0.268. The van der Waals surface area contributed by atoms with Crippen LogP contribution in [0.1, 0.15) is 25.3 Å². The second-order valence-electron chi connectivity index (χ2n) is 5.50. The van der Waals surface area contributed by atoms with Crippen LogP contribution in [0.25, 0.3) is 0 Å². The van der Waals surface area contributed by atoms with E-state index in [1.54, 1.807) is 13.3 Å². The molecular weight excluding hydrogens is 308 g/mol. The van der Waals surface area contributed by atoms with Crippen molar-refractivity contribution in [2.24, 2.45) is 4.99 Å². The fourth-order valence-corrected chi connectivity index (χ4v) is 2.41. The standard InChI is InChI=1S/C17H28N4O3/c1-3-18-17(20-9-5-10-24-15-7-11-23-13-15)21-12-14-6-4-8-19-16(14)22-2/h4,6,8,15H,3,5,7,9-13H2,1-2H3,(H2,18,20,21). The smallest absolute Gasteiger partial charge is 0.218 e. The van der Waals surface area contributed by atoms with Crippen molar-refractivity contribution in [3.63, 3.8) is 0 Å². The summed E-state index contributed by atoms with van der Waals surface area (Å²) in [5.41, 5.74) is 0.960. The lowest BCUT2D eigenvalue weighted by molar-refractivity contribution is 0.0420. The molecule has 2 N–H and O–H groups in total. The van der Waals surface area contributed by atoms with E-state index in [1.165, 1.54) is 0 Å². The van der Waals surface area contributed by atoms with Crippen molar-refractivity contribution in [2.75, 3.05) is 40.0 Å². The monoisotopic (exact) mass is 336 g/mol. The van der Waals surface area contributed by atoms with Crippen LogP contribution in [0.3, 0.4) is 0 Å². The van der Waals surface area contributed by atoms with E-state index in [0.717, 1.165) is 57.3 Å². The van der Waals surface area contributed by atoms with E-state index in [2.05, 4.69) is 20.6 Å². The Bertz CT molecular complexity index is 504. The van der Waals surface area contributed by atoms with Gasteiger partial charge in [-0.15, -0.1) is 0 Å². The van der Waals surface area contributed by atoms with Gasteiger partial charge in [-0.05, 0) is 25.8 Å². The Morgan fingerprint density at radius 3 is 3.12 bits per heavy atom. The van der Waals surface area contributed by atoms with Gasteiger partial charge in [0.25, 0.3) is 0 Å². The van der Waals surface area contributed by atoms with Crippen molar-refractivity contribution in [1.29, 1.82) is 0 Å². The van der Waals surface area contributed by atoms with Crippen LogP contribution < -0.4 is 15.4 Å². The average molecular weight is 336 g/mol. The molecule has 1 saturated heterocycles. The van der Waals surface area contributed by atoms with E-state index in [0.29, 0.717) is 12.4 Å². The number of methoxy groups -OCH3 is 1. The van der Waals surface area contributed by atoms with Gasteiger partial charge in [-0.1, -0.05) is 6.07 Å². The molecule has 1 aliphatic heterocycles. The molecule has 1 atom stereocenters. The predicted molar refractivity (Wildman–Crippen MR) is 93.4 cm³/mol. The van der Waals surface area contributed by atoms with Crippen LogP contribution in [0.4, 0.5) is 0 Å². The van der Waals surface area contributed by atoms with Gasteiger partial charge in [-0.2, -0.15) is 0 Å². The highest BCUT2D eigenvalue weighted by Gasteiger charge is 2.15. The molecule has 2 heterocycles. The molecule has 134 valence electrons. The molecule has 0 radical (unpaired) electrons. The molecule has 0 bridgehead atoms. The number of ether oxygens (including phenoxy) is 3. The van der Waals surface area contributed by atoms with Gasteiger partial charge in [-0.25, -0.2) is 9.98 Å². The summed E-state index contributed by atoms with van der Waals surface area (Å²) in [5.74, 6) is 1.40. The highest BCUT2D eigenvalue weighted by atomic mass is 16.5. The van der Waals surface area contributed by atoms with E-state index in [9.17, 15) is 0 Å². The highest BCUT2D eigenvalue weighted by Crippen LogP contribution is 2.14. The third kappa shape index (κ3) is 6.33. The zero-order valence-corrected chi connectivity index (χ0v) is 14.6. The second-order valence-corrected chi connectivity index (χ2v) is 5.50. The number of hydrogen-bond donors (Lipinski definition) is 2. The number of hydrogen-bond acceptors (Lipinski definition) is 5. The van der Waals surface area contributed by atoms with Crippen LogP contribution in [0, 0.1) is 0 Å². The summed E-state index contributed by atoms with van der Waals surface area (Å²) in [5, 5.41) is 6.56. The summed E-state index contributed by atoms with van der Waals surface area (Å²) in [6.07, 6.45) is 3.91. The average Bonchev–Trinajstić information content (AvgIpc) is 3.13. The topological polar surface area (TPSA) is 77.0 Å². The molecule has 0 aromatic carbocycles. The maximum Gasteiger partial charge on any atom is 0.218 e. The van der Waals surface area contributed by atoms with Crippen LogP contribution in [0.15, 0.2) is 23.3 Å². The Balaban J connectivity index is 1.73. The third-order valence-corrected chi connectivity index (χ3v) is 3.65. The van der Waals surface area contributed by atoms with Gasteiger partial charge < -0.3 is 24.8 Å². The molecule has 7 nitrogen and oxygen atoms in total. The van der Waals surface area contributed by atoms with Gasteiger partial charge in [0.2, 0.25) is 5.88 Å². The van der Waals surface area contributed by atoms with Crippen molar-refractivity contribution in [1.82, 2.24) is 15.6 Å². The van der Waals surface area contributed by atoms with E-state index in [1.807, 2.05) is 19.1 Å². The molecule has 0 spiro atoms. The number of rotatable bonds is 9. The molecular formula is C17H28N4O3. The quantitative estimate of drug-likeness (QED) is 0.403. The van der Waals surface area contributed by atoms with Gasteiger partial charge in [0.05, 0.1) is 26.4 Å². The third-order valence-electron chi connectivity index (χ3n) is 3.65. The predicted octanol–water partition coefficient (Wildman–Crippen LogP) is 1.34. The van der Waals surface area contributed by atoms with Crippen LogP contribution in [0.5, 0.6) is 5.88 Å². The van der Waals surface area contributed by atoms with E-state index in [-0.39, 0.29) is 6.10 Å². The van der Waals surface area contributed by atoms with Crippen molar-refractivity contribution in [3.8, 4) is 5.88 Å². The van der Waals surface area contributed by atoms with E-state index in [4.69, 9.17) is 14.2 Å². The number of pyridine rings is 1. The van der Waals surface area contributed by atoms with Gasteiger partial charge in [0, 0.05) is 38.1 Å². The molecule has 1 fully saturated rings. The molecule has 2 rings (SSSR count). The number of nitrogens with one attached hydrogen (secondary N) is 2. The zero-order chi connectivity index (χ0) is 17.0. The van der Waals surface area contributed by atoms with Crippen molar-refractivity contribution < 1.29 is 14.2 Å². The fraction of sp³-hybridized carbons (Fsp3) is 0.647. The molecule has 0 saturated carbocycles. The van der Waals surface area contributed by atoms with Crippen LogP contribution in [-0.2, 0) is 16.0 Å². The maximum atomic E-state index is 5.75. The number of aliphatic imine (C=N–C) groups is 1. The van der Waals surface area contributed by atoms with E-state index >= 15 is 0 Å². The molecule has 7 heteroatoms. The second kappa shape index (κ2) is 10.8. The SMILES string of the molecule is CCNC(=NCc1cccnc1OC)NCCCOC1CCOC1.